The predicted molar refractivity (Wildman–Crippen MR) is 104 cm³/mol. The van der Waals surface area contributed by atoms with Crippen molar-refractivity contribution in [2.75, 3.05) is 19.7 Å². The van der Waals surface area contributed by atoms with Crippen molar-refractivity contribution >= 4 is 5.91 Å². The average Bonchev–Trinajstić information content (AvgIpc) is 3.06. The van der Waals surface area contributed by atoms with Crippen LogP contribution < -0.4 is 4.74 Å². The molecule has 2 heterocycles. The maximum absolute atomic E-state index is 12.6. The molecule has 146 valence electrons. The first-order valence-electron chi connectivity index (χ1n) is 9.55. The fraction of sp³-hybridized carbons (Fsp3) is 0.524. The summed E-state index contributed by atoms with van der Waals surface area (Å²) < 4.78 is 7.68. The molecule has 27 heavy (non-hydrogen) atoms. The van der Waals surface area contributed by atoms with Crippen molar-refractivity contribution in [3.63, 3.8) is 0 Å². The van der Waals surface area contributed by atoms with Crippen LogP contribution in [0.25, 0.3) is 0 Å². The lowest BCUT2D eigenvalue weighted by molar-refractivity contribution is -0.140. The second-order valence-corrected chi connectivity index (χ2v) is 7.62. The second kappa shape index (κ2) is 8.13. The van der Waals surface area contributed by atoms with Crippen LogP contribution in [-0.4, -0.2) is 51.0 Å². The highest BCUT2D eigenvalue weighted by Gasteiger charge is 2.36. The molecule has 0 aliphatic carbocycles. The number of benzene rings is 1. The number of β-amino-alcohol motifs (C(OH)–C–C–N with tert-alkyl or cyclic N) is 1. The van der Waals surface area contributed by atoms with Crippen LogP contribution in [-0.2, 0) is 11.3 Å². The maximum atomic E-state index is 12.6. The van der Waals surface area contributed by atoms with Crippen molar-refractivity contribution in [1.29, 1.82) is 0 Å². The van der Waals surface area contributed by atoms with Crippen molar-refractivity contribution in [2.24, 2.45) is 0 Å². The highest BCUT2D eigenvalue weighted by molar-refractivity contribution is 5.76. The van der Waals surface area contributed by atoms with Gasteiger partial charge >= 0.3 is 0 Å². The Morgan fingerprint density at radius 3 is 2.78 bits per heavy atom. The summed E-state index contributed by atoms with van der Waals surface area (Å²) in [6, 6.07) is 7.84. The first-order chi connectivity index (χ1) is 12.9. The molecule has 1 unspecified atom stereocenters. The molecule has 1 atom stereocenters. The molecule has 0 bridgehead atoms. The molecule has 1 aliphatic rings. The van der Waals surface area contributed by atoms with Gasteiger partial charge in [0.1, 0.15) is 18.0 Å². The number of nitrogens with zero attached hydrogens (tertiary/aromatic N) is 3. The molecule has 1 aromatic heterocycles. The molecule has 1 N–H and O–H groups in total. The molecule has 1 aromatic carbocycles. The number of carbonyl (C=O) groups is 1. The fourth-order valence-corrected chi connectivity index (χ4v) is 3.46. The lowest BCUT2D eigenvalue weighted by Crippen LogP contribution is -2.53. The summed E-state index contributed by atoms with van der Waals surface area (Å²) in [5.74, 6) is 0.804. The number of piperidine rings is 1. The molecule has 0 radical (unpaired) electrons. The number of rotatable bonds is 6. The normalized spacial score (nSPS) is 19.9. The van der Waals surface area contributed by atoms with E-state index in [0.717, 1.165) is 23.4 Å². The van der Waals surface area contributed by atoms with E-state index in [-0.39, 0.29) is 12.5 Å². The van der Waals surface area contributed by atoms with E-state index in [4.69, 9.17) is 4.74 Å². The van der Waals surface area contributed by atoms with Gasteiger partial charge in [-0.25, -0.2) is 0 Å². The minimum absolute atomic E-state index is 0.0502. The van der Waals surface area contributed by atoms with Crippen molar-refractivity contribution in [1.82, 2.24) is 14.7 Å². The predicted octanol–water partition coefficient (Wildman–Crippen LogP) is 2.63. The highest BCUT2D eigenvalue weighted by Crippen LogP contribution is 2.24. The van der Waals surface area contributed by atoms with Gasteiger partial charge in [0.2, 0.25) is 5.91 Å². The number of hydrogen-bond donors (Lipinski definition) is 1. The Hall–Kier alpha value is -2.34. The van der Waals surface area contributed by atoms with Gasteiger partial charge in [-0.3, -0.25) is 9.48 Å². The Labute approximate surface area is 160 Å². The van der Waals surface area contributed by atoms with Gasteiger partial charge in [-0.05, 0) is 62.9 Å². The van der Waals surface area contributed by atoms with E-state index in [2.05, 4.69) is 12.0 Å². The van der Waals surface area contributed by atoms with Crippen molar-refractivity contribution in [3.05, 3.63) is 47.3 Å². The molecular weight excluding hydrogens is 342 g/mol. The molecule has 3 rings (SSSR count). The van der Waals surface area contributed by atoms with Crippen LogP contribution in [0.1, 0.15) is 36.1 Å². The van der Waals surface area contributed by atoms with Crippen LogP contribution in [0, 0.1) is 20.8 Å². The topological polar surface area (TPSA) is 67.6 Å². The van der Waals surface area contributed by atoms with Gasteiger partial charge in [0.05, 0.1) is 6.54 Å². The number of aryl methyl sites for hydroxylation is 4. The SMILES string of the molecule is Cc1ccc(OCC2(O)CCCN(C(=O)CCn3nccc3C)C2)cc1C. The molecule has 1 amide bonds. The highest BCUT2D eigenvalue weighted by atomic mass is 16.5. The quantitative estimate of drug-likeness (QED) is 0.848. The third-order valence-corrected chi connectivity index (χ3v) is 5.36. The number of ether oxygens (including phenoxy) is 1. The summed E-state index contributed by atoms with van der Waals surface area (Å²) in [4.78, 5) is 14.3. The summed E-state index contributed by atoms with van der Waals surface area (Å²) in [6.07, 6.45) is 3.54. The number of likely N-dealkylation sites (tertiary alicyclic amines) is 1. The fourth-order valence-electron chi connectivity index (χ4n) is 3.46. The molecule has 0 spiro atoms. The third kappa shape index (κ3) is 4.89. The van der Waals surface area contributed by atoms with Crippen LogP contribution in [0.4, 0.5) is 0 Å². The van der Waals surface area contributed by atoms with Crippen LogP contribution in [0.15, 0.2) is 30.5 Å². The number of aliphatic hydroxyl groups is 1. The Kier molecular flexibility index (Phi) is 5.85. The van der Waals surface area contributed by atoms with E-state index in [1.807, 2.05) is 42.8 Å². The number of aromatic nitrogens is 2. The van der Waals surface area contributed by atoms with E-state index >= 15 is 0 Å². The molecule has 2 aromatic rings. The minimum Gasteiger partial charge on any atom is -0.491 e. The van der Waals surface area contributed by atoms with Gasteiger partial charge in [0.25, 0.3) is 0 Å². The van der Waals surface area contributed by atoms with Crippen molar-refractivity contribution in [2.45, 2.75) is 52.2 Å². The van der Waals surface area contributed by atoms with E-state index < -0.39 is 5.60 Å². The van der Waals surface area contributed by atoms with Crippen molar-refractivity contribution in [3.8, 4) is 5.75 Å². The first kappa shape index (κ1) is 19.4. The monoisotopic (exact) mass is 371 g/mol. The number of carbonyl (C=O) groups excluding carboxylic acids is 1. The number of hydrogen-bond acceptors (Lipinski definition) is 4. The molecule has 6 heteroatoms. The van der Waals surface area contributed by atoms with Gasteiger partial charge in [0.15, 0.2) is 0 Å². The lowest BCUT2D eigenvalue weighted by Gasteiger charge is -2.39. The Balaban J connectivity index is 1.54. The minimum atomic E-state index is -1.01. The standard InChI is InChI=1S/C21H29N3O3/c1-16-5-6-19(13-17(16)2)27-15-21(26)9-4-11-23(14-21)20(25)8-12-24-18(3)7-10-22-24/h5-7,10,13,26H,4,8-9,11-12,14-15H2,1-3H3. The molecule has 1 saturated heterocycles. The summed E-state index contributed by atoms with van der Waals surface area (Å²) in [6.45, 7) is 7.82. The zero-order valence-electron chi connectivity index (χ0n) is 16.4. The third-order valence-electron chi connectivity index (χ3n) is 5.36. The van der Waals surface area contributed by atoms with Gasteiger partial charge in [-0.2, -0.15) is 5.10 Å². The van der Waals surface area contributed by atoms with Gasteiger partial charge < -0.3 is 14.7 Å². The molecular formula is C21H29N3O3. The zero-order valence-corrected chi connectivity index (χ0v) is 16.4. The Morgan fingerprint density at radius 1 is 1.26 bits per heavy atom. The maximum Gasteiger partial charge on any atom is 0.224 e. The second-order valence-electron chi connectivity index (χ2n) is 7.62. The van der Waals surface area contributed by atoms with Gasteiger partial charge in [0, 0.05) is 31.4 Å². The summed E-state index contributed by atoms with van der Waals surface area (Å²) in [5.41, 5.74) is 2.41. The molecule has 0 saturated carbocycles. The van der Waals surface area contributed by atoms with Crippen LogP contribution >= 0.6 is 0 Å². The van der Waals surface area contributed by atoms with E-state index in [1.165, 1.54) is 5.56 Å². The van der Waals surface area contributed by atoms with E-state index in [1.54, 1.807) is 11.1 Å². The van der Waals surface area contributed by atoms with E-state index in [9.17, 15) is 9.90 Å². The largest absolute Gasteiger partial charge is 0.491 e. The first-order valence-corrected chi connectivity index (χ1v) is 9.55. The molecule has 1 aliphatic heterocycles. The smallest absolute Gasteiger partial charge is 0.224 e. The molecule has 6 nitrogen and oxygen atoms in total. The lowest BCUT2D eigenvalue weighted by atomic mass is 9.93. The van der Waals surface area contributed by atoms with Crippen LogP contribution in [0.2, 0.25) is 0 Å². The van der Waals surface area contributed by atoms with Crippen LogP contribution in [0.3, 0.4) is 0 Å². The van der Waals surface area contributed by atoms with Crippen molar-refractivity contribution < 1.29 is 14.6 Å². The summed E-state index contributed by atoms with van der Waals surface area (Å²) in [5, 5.41) is 15.1. The summed E-state index contributed by atoms with van der Waals surface area (Å²) >= 11 is 0. The van der Waals surface area contributed by atoms with Crippen LogP contribution in [0.5, 0.6) is 5.75 Å². The Morgan fingerprint density at radius 2 is 2.07 bits per heavy atom. The van der Waals surface area contributed by atoms with E-state index in [0.29, 0.717) is 32.5 Å². The van der Waals surface area contributed by atoms with Gasteiger partial charge in [-0.1, -0.05) is 6.07 Å². The summed E-state index contributed by atoms with van der Waals surface area (Å²) in [7, 11) is 0. The molecule has 1 fully saturated rings. The average molecular weight is 371 g/mol. The number of amides is 1. The van der Waals surface area contributed by atoms with Gasteiger partial charge in [-0.15, -0.1) is 0 Å². The zero-order chi connectivity index (χ0) is 19.4. The Bertz CT molecular complexity index is 802.